The van der Waals surface area contributed by atoms with Gasteiger partial charge in [-0.25, -0.2) is 4.79 Å². The molecule has 0 bridgehead atoms. The van der Waals surface area contributed by atoms with Crippen LogP contribution in [-0.2, 0) is 28.5 Å². The second-order valence-corrected chi connectivity index (χ2v) is 11.9. The van der Waals surface area contributed by atoms with Crippen molar-refractivity contribution in [2.75, 3.05) is 6.61 Å². The smallest absolute Gasteiger partial charge is 0.341 e. The van der Waals surface area contributed by atoms with Gasteiger partial charge in [-0.15, -0.1) is 0 Å². The molecule has 3 saturated heterocycles. The normalized spacial score (nSPS) is 52.1. The van der Waals surface area contributed by atoms with Gasteiger partial charge in [-0.05, 0) is 43.1 Å². The monoisotopic (exact) mass is 538 g/mol. The van der Waals surface area contributed by atoms with Crippen LogP contribution in [0.4, 0.5) is 0 Å². The molecule has 38 heavy (non-hydrogen) atoms. The number of esters is 2. The number of furan rings is 1. The molecule has 4 heterocycles. The minimum atomic E-state index is -2.14. The van der Waals surface area contributed by atoms with Crippen molar-refractivity contribution in [3.63, 3.8) is 0 Å². The fraction of sp³-hybridized carbons (Fsp3) is 0.769. The molecule has 2 aliphatic carbocycles. The molecule has 210 valence electrons. The summed E-state index contributed by atoms with van der Waals surface area (Å²) in [7, 11) is 0. The number of hydrogen-bond donors (Lipinski definition) is 5. The maximum Gasteiger partial charge on any atom is 0.341 e. The van der Waals surface area contributed by atoms with Crippen molar-refractivity contribution in [1.82, 2.24) is 0 Å². The Morgan fingerprint density at radius 2 is 1.84 bits per heavy atom. The van der Waals surface area contributed by atoms with Crippen LogP contribution in [0, 0.1) is 22.7 Å². The number of aliphatic hydroxyl groups excluding tert-OH is 4. The SMILES string of the molecule is C[C@]12C[C@H](c3ccoc3)OC(=O)[C@H]1C[C@H]1OC(=O)[C@]3(O)[C@H](O[C@@H]4O[C@H](CO)[C@@H](O)[C@H](O)[C@H]4O)CC[C@H]2[C@]13C. The van der Waals surface area contributed by atoms with Gasteiger partial charge < -0.3 is 48.9 Å². The third-order valence-electron chi connectivity index (χ3n) is 10.2. The first-order valence-corrected chi connectivity index (χ1v) is 13.1. The quantitative estimate of drug-likeness (QED) is 0.246. The van der Waals surface area contributed by atoms with Crippen molar-refractivity contribution in [3.05, 3.63) is 24.2 Å². The Hall–Kier alpha value is -2.06. The Balaban J connectivity index is 1.33. The Bertz CT molecular complexity index is 1090. The lowest BCUT2D eigenvalue weighted by Gasteiger charge is -2.63. The van der Waals surface area contributed by atoms with Gasteiger partial charge in [-0.1, -0.05) is 13.8 Å². The van der Waals surface area contributed by atoms with Crippen LogP contribution in [0.25, 0.3) is 0 Å². The van der Waals surface area contributed by atoms with Crippen molar-refractivity contribution in [2.45, 2.75) is 94.1 Å². The van der Waals surface area contributed by atoms with Gasteiger partial charge in [0.15, 0.2) is 11.9 Å². The summed E-state index contributed by atoms with van der Waals surface area (Å²) in [5.74, 6) is -2.12. The number of cyclic esters (lactones) is 1. The van der Waals surface area contributed by atoms with E-state index in [0.717, 1.165) is 5.56 Å². The lowest BCUT2D eigenvalue weighted by Crippen LogP contribution is -2.71. The molecule has 6 rings (SSSR count). The van der Waals surface area contributed by atoms with Gasteiger partial charge in [-0.2, -0.15) is 0 Å². The summed E-state index contributed by atoms with van der Waals surface area (Å²) in [4.78, 5) is 26.6. The number of rotatable bonds is 4. The van der Waals surface area contributed by atoms with Crippen LogP contribution >= 0.6 is 0 Å². The van der Waals surface area contributed by atoms with E-state index in [-0.39, 0.29) is 24.7 Å². The molecule has 0 unspecified atom stereocenters. The van der Waals surface area contributed by atoms with Crippen molar-refractivity contribution in [1.29, 1.82) is 0 Å². The summed E-state index contributed by atoms with van der Waals surface area (Å²) >= 11 is 0. The summed E-state index contributed by atoms with van der Waals surface area (Å²) in [5.41, 5.74) is -3.19. The maximum atomic E-state index is 13.4. The molecule has 12 nitrogen and oxygen atoms in total. The van der Waals surface area contributed by atoms with Crippen molar-refractivity contribution < 1.29 is 58.5 Å². The zero-order valence-corrected chi connectivity index (χ0v) is 21.1. The zero-order chi connectivity index (χ0) is 27.2. The highest BCUT2D eigenvalue weighted by molar-refractivity contribution is 5.85. The van der Waals surface area contributed by atoms with Gasteiger partial charge in [0.2, 0.25) is 0 Å². The first-order valence-electron chi connectivity index (χ1n) is 13.1. The van der Waals surface area contributed by atoms with E-state index in [1.54, 1.807) is 19.3 Å². The molecule has 0 radical (unpaired) electrons. The van der Waals surface area contributed by atoms with Gasteiger partial charge in [0, 0.05) is 5.56 Å². The Morgan fingerprint density at radius 1 is 1.08 bits per heavy atom. The van der Waals surface area contributed by atoms with E-state index in [4.69, 9.17) is 23.4 Å². The number of carbonyl (C=O) groups excluding carboxylic acids is 2. The molecule has 0 aromatic carbocycles. The lowest BCUT2D eigenvalue weighted by molar-refractivity contribution is -0.336. The lowest BCUT2D eigenvalue weighted by atomic mass is 9.42. The summed E-state index contributed by atoms with van der Waals surface area (Å²) < 4.78 is 28.2. The van der Waals surface area contributed by atoms with Crippen LogP contribution < -0.4 is 0 Å². The van der Waals surface area contributed by atoms with E-state index < -0.39 is 83.9 Å². The Labute approximate surface area is 218 Å². The van der Waals surface area contributed by atoms with E-state index in [2.05, 4.69) is 0 Å². The third-order valence-corrected chi connectivity index (χ3v) is 10.2. The number of hydrogen-bond acceptors (Lipinski definition) is 12. The van der Waals surface area contributed by atoms with Crippen LogP contribution in [0.5, 0.6) is 0 Å². The zero-order valence-electron chi connectivity index (χ0n) is 21.1. The fourth-order valence-electron chi connectivity index (χ4n) is 8.10. The van der Waals surface area contributed by atoms with Gasteiger partial charge in [0.1, 0.15) is 42.7 Å². The second kappa shape index (κ2) is 8.72. The molecule has 5 fully saturated rings. The predicted octanol–water partition coefficient (Wildman–Crippen LogP) is -0.448. The highest BCUT2D eigenvalue weighted by Crippen LogP contribution is 2.69. The molecule has 0 amide bonds. The topological polar surface area (TPSA) is 185 Å². The van der Waals surface area contributed by atoms with E-state index in [9.17, 15) is 35.1 Å². The summed E-state index contributed by atoms with van der Waals surface area (Å²) in [6.07, 6.45) is -5.80. The van der Waals surface area contributed by atoms with Crippen molar-refractivity contribution >= 4 is 11.9 Å². The minimum absolute atomic E-state index is 0.168. The molecule has 1 aromatic heterocycles. The predicted molar refractivity (Wildman–Crippen MR) is 123 cm³/mol. The molecule has 5 aliphatic rings. The van der Waals surface area contributed by atoms with Crippen LogP contribution in [-0.4, -0.2) is 92.6 Å². The first-order chi connectivity index (χ1) is 18.0. The third kappa shape index (κ3) is 3.28. The van der Waals surface area contributed by atoms with Crippen LogP contribution in [0.1, 0.15) is 51.2 Å². The molecule has 13 atom stereocenters. The van der Waals surface area contributed by atoms with Crippen molar-refractivity contribution in [3.8, 4) is 0 Å². The Morgan fingerprint density at radius 3 is 2.53 bits per heavy atom. The fourth-order valence-corrected chi connectivity index (χ4v) is 8.10. The molecule has 3 aliphatic heterocycles. The number of ether oxygens (including phenoxy) is 4. The average molecular weight is 539 g/mol. The van der Waals surface area contributed by atoms with Crippen LogP contribution in [0.3, 0.4) is 0 Å². The van der Waals surface area contributed by atoms with Gasteiger partial charge >= 0.3 is 11.9 Å². The molecule has 5 N–H and O–H groups in total. The molecular formula is C26H34O12. The molecule has 0 spiro atoms. The van der Waals surface area contributed by atoms with Gasteiger partial charge in [0.05, 0.1) is 30.5 Å². The van der Waals surface area contributed by atoms with Gasteiger partial charge in [-0.3, -0.25) is 4.79 Å². The highest BCUT2D eigenvalue weighted by atomic mass is 16.7. The number of fused-ring (bicyclic) bond motifs is 2. The number of aliphatic hydroxyl groups is 5. The molecule has 12 heteroatoms. The van der Waals surface area contributed by atoms with Crippen molar-refractivity contribution in [2.24, 2.45) is 22.7 Å². The summed E-state index contributed by atoms with van der Waals surface area (Å²) in [6.45, 7) is 3.14. The van der Waals surface area contributed by atoms with E-state index in [0.29, 0.717) is 12.8 Å². The van der Waals surface area contributed by atoms with Crippen LogP contribution in [0.15, 0.2) is 23.0 Å². The molecular weight excluding hydrogens is 504 g/mol. The maximum absolute atomic E-state index is 13.4. The van der Waals surface area contributed by atoms with E-state index in [1.165, 1.54) is 6.26 Å². The summed E-state index contributed by atoms with van der Waals surface area (Å²) in [5, 5.41) is 52.5. The van der Waals surface area contributed by atoms with Gasteiger partial charge in [0.25, 0.3) is 0 Å². The molecule has 2 saturated carbocycles. The second-order valence-electron chi connectivity index (χ2n) is 11.9. The molecule has 1 aromatic rings. The van der Waals surface area contributed by atoms with E-state index >= 15 is 0 Å². The minimum Gasteiger partial charge on any atom is -0.472 e. The first kappa shape index (κ1) is 26.2. The van der Waals surface area contributed by atoms with E-state index in [1.807, 2.05) is 6.92 Å². The standard InChI is InChI=1S/C26H34O12/c1-24-8-13(11-5-6-34-10-11)35-21(31)12(24)7-17-25(2)15(24)3-4-16(26(25,33)23(32)38-17)37-22-20(30)19(29)18(28)14(9-27)36-22/h5-6,10,12-20,22,27-30,33H,3-4,7-9H2,1-2H3/t12-,13-,14-,15-,16-,17-,18-,19+,20-,22+,24+,25-,26-/m1/s1. The highest BCUT2D eigenvalue weighted by Gasteiger charge is 2.79. The summed E-state index contributed by atoms with van der Waals surface area (Å²) in [6, 6.07) is 1.75. The Kier molecular flexibility index (Phi) is 6.01. The average Bonchev–Trinajstić information content (AvgIpc) is 3.48. The largest absolute Gasteiger partial charge is 0.472 e. The van der Waals surface area contributed by atoms with Crippen LogP contribution in [0.2, 0.25) is 0 Å². The number of carbonyl (C=O) groups is 2.